The Hall–Kier alpha value is -0.970. The van der Waals surface area contributed by atoms with Crippen molar-refractivity contribution in [3.05, 3.63) is 30.1 Å². The van der Waals surface area contributed by atoms with Gasteiger partial charge in [-0.1, -0.05) is 13.0 Å². The summed E-state index contributed by atoms with van der Waals surface area (Å²) in [6.45, 7) is 7.99. The first kappa shape index (κ1) is 13.5. The molecule has 1 aliphatic heterocycles. The highest BCUT2D eigenvalue weighted by atomic mass is 16.5. The van der Waals surface area contributed by atoms with Gasteiger partial charge in [0.1, 0.15) is 0 Å². The lowest BCUT2D eigenvalue weighted by Gasteiger charge is -2.35. The van der Waals surface area contributed by atoms with E-state index in [0.29, 0.717) is 6.04 Å². The molecule has 4 heteroatoms. The molecule has 0 aliphatic carbocycles. The summed E-state index contributed by atoms with van der Waals surface area (Å²) >= 11 is 0. The maximum Gasteiger partial charge on any atom is 0.0622 e. The Morgan fingerprint density at radius 1 is 1.50 bits per heavy atom. The largest absolute Gasteiger partial charge is 0.378 e. The van der Waals surface area contributed by atoms with Crippen LogP contribution < -0.4 is 5.32 Å². The van der Waals surface area contributed by atoms with Gasteiger partial charge in [0.25, 0.3) is 0 Å². The van der Waals surface area contributed by atoms with Gasteiger partial charge in [-0.05, 0) is 18.6 Å². The van der Waals surface area contributed by atoms with Crippen molar-refractivity contribution < 1.29 is 4.74 Å². The Labute approximate surface area is 109 Å². The van der Waals surface area contributed by atoms with Crippen LogP contribution in [-0.2, 0) is 11.3 Å². The van der Waals surface area contributed by atoms with Crippen LogP contribution in [0.1, 0.15) is 19.0 Å². The lowest BCUT2D eigenvalue weighted by atomic mass is 10.2. The van der Waals surface area contributed by atoms with Crippen molar-refractivity contribution >= 4 is 0 Å². The van der Waals surface area contributed by atoms with Gasteiger partial charge < -0.3 is 10.1 Å². The lowest BCUT2D eigenvalue weighted by Crippen LogP contribution is -2.47. The molecular weight excluding hydrogens is 226 g/mol. The van der Waals surface area contributed by atoms with Crippen LogP contribution in [0.3, 0.4) is 0 Å². The predicted molar refractivity (Wildman–Crippen MR) is 72.4 cm³/mol. The van der Waals surface area contributed by atoms with Crippen molar-refractivity contribution in [2.75, 3.05) is 32.8 Å². The summed E-state index contributed by atoms with van der Waals surface area (Å²) in [5.74, 6) is 0. The molecule has 1 fully saturated rings. The van der Waals surface area contributed by atoms with Crippen LogP contribution in [0.4, 0.5) is 0 Å². The van der Waals surface area contributed by atoms with Gasteiger partial charge in [0.15, 0.2) is 0 Å². The number of hydrogen-bond acceptors (Lipinski definition) is 4. The fraction of sp³-hybridized carbons (Fsp3) is 0.643. The van der Waals surface area contributed by atoms with Crippen molar-refractivity contribution in [2.45, 2.75) is 25.9 Å². The van der Waals surface area contributed by atoms with Crippen molar-refractivity contribution in [3.8, 4) is 0 Å². The van der Waals surface area contributed by atoms with Crippen LogP contribution in [0.15, 0.2) is 24.4 Å². The minimum Gasteiger partial charge on any atom is -0.378 e. The van der Waals surface area contributed by atoms with Crippen LogP contribution in [0.2, 0.25) is 0 Å². The number of rotatable bonds is 6. The van der Waals surface area contributed by atoms with Crippen LogP contribution in [0.5, 0.6) is 0 Å². The number of pyridine rings is 1. The highest BCUT2D eigenvalue weighted by Gasteiger charge is 2.20. The predicted octanol–water partition coefficient (Wildman–Crippen LogP) is 1.28. The molecule has 1 saturated heterocycles. The van der Waals surface area contributed by atoms with Crippen molar-refractivity contribution in [3.63, 3.8) is 0 Å². The van der Waals surface area contributed by atoms with Crippen LogP contribution >= 0.6 is 0 Å². The summed E-state index contributed by atoms with van der Waals surface area (Å²) in [5, 5.41) is 3.45. The normalized spacial score (nSPS) is 21.1. The zero-order chi connectivity index (χ0) is 12.6. The van der Waals surface area contributed by atoms with Crippen LogP contribution in [-0.4, -0.2) is 48.8 Å². The van der Waals surface area contributed by atoms with E-state index in [1.54, 1.807) is 0 Å². The molecule has 0 amide bonds. The van der Waals surface area contributed by atoms with E-state index in [1.165, 1.54) is 6.42 Å². The number of morpholine rings is 1. The molecule has 0 bridgehead atoms. The van der Waals surface area contributed by atoms with Crippen molar-refractivity contribution in [1.29, 1.82) is 0 Å². The zero-order valence-corrected chi connectivity index (χ0v) is 11.1. The number of hydrogen-bond donors (Lipinski definition) is 1. The molecule has 100 valence electrons. The highest BCUT2D eigenvalue weighted by molar-refractivity contribution is 5.02. The summed E-state index contributed by atoms with van der Waals surface area (Å²) in [6, 6.07) is 6.62. The molecule has 0 aromatic carbocycles. The van der Waals surface area contributed by atoms with E-state index < -0.39 is 0 Å². The first-order valence-corrected chi connectivity index (χ1v) is 6.82. The van der Waals surface area contributed by atoms with E-state index in [1.807, 2.05) is 18.3 Å². The van der Waals surface area contributed by atoms with Crippen molar-refractivity contribution in [2.24, 2.45) is 0 Å². The van der Waals surface area contributed by atoms with Gasteiger partial charge in [-0.2, -0.15) is 0 Å². The Bertz CT molecular complexity index is 331. The van der Waals surface area contributed by atoms with E-state index in [-0.39, 0.29) is 0 Å². The van der Waals surface area contributed by atoms with E-state index in [4.69, 9.17) is 4.74 Å². The molecule has 1 aromatic heterocycles. The monoisotopic (exact) mass is 249 g/mol. The second-order valence-corrected chi connectivity index (χ2v) is 4.67. The molecule has 0 spiro atoms. The third kappa shape index (κ3) is 4.05. The molecule has 1 N–H and O–H groups in total. The molecule has 0 radical (unpaired) electrons. The first-order valence-electron chi connectivity index (χ1n) is 6.82. The summed E-state index contributed by atoms with van der Waals surface area (Å²) in [4.78, 5) is 6.82. The van der Waals surface area contributed by atoms with Gasteiger partial charge in [-0.3, -0.25) is 9.88 Å². The SMILES string of the molecule is CCC1COCCN1CCNCc1ccccn1. The number of nitrogens with one attached hydrogen (secondary N) is 1. The molecule has 1 unspecified atom stereocenters. The van der Waals surface area contributed by atoms with E-state index in [0.717, 1.165) is 45.1 Å². The number of ether oxygens (including phenoxy) is 1. The van der Waals surface area contributed by atoms with E-state index in [9.17, 15) is 0 Å². The molecule has 18 heavy (non-hydrogen) atoms. The molecule has 2 heterocycles. The maximum atomic E-state index is 5.51. The first-order chi connectivity index (χ1) is 8.90. The lowest BCUT2D eigenvalue weighted by molar-refractivity contribution is -0.00787. The third-order valence-corrected chi connectivity index (χ3v) is 3.43. The highest BCUT2D eigenvalue weighted by Crippen LogP contribution is 2.08. The molecule has 4 nitrogen and oxygen atoms in total. The molecule has 0 saturated carbocycles. The van der Waals surface area contributed by atoms with Gasteiger partial charge in [-0.25, -0.2) is 0 Å². The molecule has 1 atom stereocenters. The number of aromatic nitrogens is 1. The fourth-order valence-corrected chi connectivity index (χ4v) is 2.30. The summed E-state index contributed by atoms with van der Waals surface area (Å²) in [5.41, 5.74) is 1.10. The van der Waals surface area contributed by atoms with Crippen LogP contribution in [0.25, 0.3) is 0 Å². The average molecular weight is 249 g/mol. The van der Waals surface area contributed by atoms with Gasteiger partial charge >= 0.3 is 0 Å². The summed E-state index contributed by atoms with van der Waals surface area (Å²) < 4.78 is 5.51. The Morgan fingerprint density at radius 2 is 2.44 bits per heavy atom. The second kappa shape index (κ2) is 7.46. The van der Waals surface area contributed by atoms with Gasteiger partial charge in [0, 0.05) is 38.4 Å². The van der Waals surface area contributed by atoms with Crippen molar-refractivity contribution in [1.82, 2.24) is 15.2 Å². The summed E-state index contributed by atoms with van der Waals surface area (Å²) in [7, 11) is 0. The molecule has 1 aromatic rings. The van der Waals surface area contributed by atoms with Gasteiger partial charge in [-0.15, -0.1) is 0 Å². The van der Waals surface area contributed by atoms with Crippen LogP contribution in [0, 0.1) is 0 Å². The van der Waals surface area contributed by atoms with E-state index in [2.05, 4.69) is 28.2 Å². The Kier molecular flexibility index (Phi) is 5.58. The fourth-order valence-electron chi connectivity index (χ4n) is 2.30. The quantitative estimate of drug-likeness (QED) is 0.771. The third-order valence-electron chi connectivity index (χ3n) is 3.43. The zero-order valence-electron chi connectivity index (χ0n) is 11.1. The smallest absolute Gasteiger partial charge is 0.0622 e. The number of nitrogens with zero attached hydrogens (tertiary/aromatic N) is 2. The minimum absolute atomic E-state index is 0.593. The molecule has 2 rings (SSSR count). The summed E-state index contributed by atoms with van der Waals surface area (Å²) in [6.07, 6.45) is 3.01. The Morgan fingerprint density at radius 3 is 3.22 bits per heavy atom. The van der Waals surface area contributed by atoms with Gasteiger partial charge in [0.05, 0.1) is 18.9 Å². The molecular formula is C14H23N3O. The van der Waals surface area contributed by atoms with Gasteiger partial charge in [0.2, 0.25) is 0 Å². The minimum atomic E-state index is 0.593. The topological polar surface area (TPSA) is 37.4 Å². The Balaban J connectivity index is 1.65. The standard InChI is InChI=1S/C14H23N3O/c1-2-14-12-18-10-9-17(14)8-7-15-11-13-5-3-4-6-16-13/h3-6,14-15H,2,7-12H2,1H3. The average Bonchev–Trinajstić information content (AvgIpc) is 2.45. The second-order valence-electron chi connectivity index (χ2n) is 4.67. The molecule has 1 aliphatic rings. The maximum absolute atomic E-state index is 5.51. The van der Waals surface area contributed by atoms with E-state index >= 15 is 0 Å².